The van der Waals surface area contributed by atoms with Crippen LogP contribution in [0.4, 0.5) is 0 Å². The van der Waals surface area contributed by atoms with Crippen LogP contribution >= 0.6 is 23.5 Å². The first-order chi connectivity index (χ1) is 13.5. The van der Waals surface area contributed by atoms with E-state index in [0.29, 0.717) is 48.0 Å². The highest BCUT2D eigenvalue weighted by molar-refractivity contribution is 8.00. The molecule has 0 radical (unpaired) electrons. The van der Waals surface area contributed by atoms with Crippen molar-refractivity contribution in [3.8, 4) is 0 Å². The predicted octanol–water partition coefficient (Wildman–Crippen LogP) is -0.607. The summed E-state index contributed by atoms with van der Waals surface area (Å²) in [6, 6.07) is 0. The average Bonchev–Trinajstić information content (AvgIpc) is 3.19. The Kier molecular flexibility index (Phi) is 8.38. The molecule has 12 nitrogen and oxygen atoms in total. The lowest BCUT2D eigenvalue weighted by Crippen LogP contribution is -2.18. The molecule has 0 aliphatic carbocycles. The molecule has 0 amide bonds. The molecule has 2 rings (SSSR count). The van der Waals surface area contributed by atoms with E-state index in [1.54, 1.807) is 13.8 Å². The average molecular weight is 431 g/mol. The molecule has 0 spiro atoms. The van der Waals surface area contributed by atoms with Crippen LogP contribution in [-0.2, 0) is 31.9 Å². The van der Waals surface area contributed by atoms with Gasteiger partial charge in [0.05, 0.1) is 24.7 Å². The smallest absolute Gasteiger partial charge is 0.316 e. The molecular formula is C14H22N8O4S2. The summed E-state index contributed by atoms with van der Waals surface area (Å²) in [4.78, 5) is 22.8. The van der Waals surface area contributed by atoms with Crippen LogP contribution in [0.25, 0.3) is 0 Å². The van der Waals surface area contributed by atoms with E-state index < -0.39 is 0 Å². The Bertz CT molecular complexity index is 743. The van der Waals surface area contributed by atoms with Crippen molar-refractivity contribution in [1.82, 2.24) is 29.7 Å². The fraction of sp³-hybridized carbons (Fsp3) is 0.571. The second-order valence-electron chi connectivity index (χ2n) is 5.23. The second kappa shape index (κ2) is 10.8. The third kappa shape index (κ3) is 6.02. The van der Waals surface area contributed by atoms with Gasteiger partial charge in [-0.05, 0) is 13.8 Å². The Morgan fingerprint density at radius 3 is 1.57 bits per heavy atom. The molecule has 154 valence electrons. The van der Waals surface area contributed by atoms with E-state index >= 15 is 0 Å². The number of hydrogen-bond donors (Lipinski definition) is 2. The van der Waals surface area contributed by atoms with Crippen molar-refractivity contribution in [2.24, 2.45) is 0 Å². The van der Waals surface area contributed by atoms with Crippen LogP contribution in [0.5, 0.6) is 0 Å². The highest BCUT2D eigenvalue weighted by Crippen LogP contribution is 2.17. The number of thioether (sulfide) groups is 2. The first kappa shape index (κ1) is 21.8. The Labute approximate surface area is 169 Å². The van der Waals surface area contributed by atoms with Crippen LogP contribution in [0, 0.1) is 0 Å². The summed E-state index contributed by atoms with van der Waals surface area (Å²) in [6.45, 7) is 4.12. The molecule has 2 heterocycles. The minimum absolute atomic E-state index is 0.0986. The molecule has 0 atom stereocenters. The number of esters is 2. The topological polar surface area (TPSA) is 166 Å². The minimum atomic E-state index is -0.346. The summed E-state index contributed by atoms with van der Waals surface area (Å²) in [5.41, 5.74) is 0. The van der Waals surface area contributed by atoms with Gasteiger partial charge in [-0.3, -0.25) is 9.59 Å². The maximum Gasteiger partial charge on any atom is 0.316 e. The quantitative estimate of drug-likeness (QED) is 0.264. The minimum Gasteiger partial charge on any atom is -0.465 e. The van der Waals surface area contributed by atoms with Gasteiger partial charge in [0.15, 0.2) is 11.6 Å². The fourth-order valence-electron chi connectivity index (χ4n) is 2.03. The third-order valence-electron chi connectivity index (χ3n) is 3.29. The van der Waals surface area contributed by atoms with Gasteiger partial charge in [-0.15, -0.1) is 20.4 Å². The zero-order valence-corrected chi connectivity index (χ0v) is 17.2. The normalized spacial score (nSPS) is 10.8. The monoisotopic (exact) mass is 430 g/mol. The van der Waals surface area contributed by atoms with Crippen molar-refractivity contribution < 1.29 is 19.1 Å². The van der Waals surface area contributed by atoms with E-state index in [0.717, 1.165) is 23.5 Å². The SMILES string of the molecule is CCOC(=O)CSc1nnc(CCc2nnc(SCC(=O)OCC)n2N)n1N. The number of carbonyl (C=O) groups excluding carboxylic acids is 2. The maximum atomic E-state index is 11.4. The summed E-state index contributed by atoms with van der Waals surface area (Å²) >= 11 is 2.29. The highest BCUT2D eigenvalue weighted by Gasteiger charge is 2.16. The summed E-state index contributed by atoms with van der Waals surface area (Å²) < 4.78 is 12.4. The number of rotatable bonds is 11. The number of nitrogens with two attached hydrogens (primary N) is 2. The van der Waals surface area contributed by atoms with E-state index in [1.165, 1.54) is 9.35 Å². The predicted molar refractivity (Wildman–Crippen MR) is 102 cm³/mol. The Morgan fingerprint density at radius 1 is 0.821 bits per heavy atom. The third-order valence-corrected chi connectivity index (χ3v) is 5.12. The molecule has 14 heteroatoms. The van der Waals surface area contributed by atoms with Crippen LogP contribution in [0.2, 0.25) is 0 Å². The molecule has 0 aliphatic heterocycles. The maximum absolute atomic E-state index is 11.4. The molecular weight excluding hydrogens is 408 g/mol. The van der Waals surface area contributed by atoms with Gasteiger partial charge in [-0.1, -0.05) is 23.5 Å². The molecule has 4 N–H and O–H groups in total. The van der Waals surface area contributed by atoms with Crippen LogP contribution < -0.4 is 11.7 Å². The standard InChI is InChI=1S/C14H22N8O4S2/c1-3-25-11(23)7-27-13-19-17-9(21(13)15)5-6-10-18-20-14(22(10)16)28-8-12(24)26-4-2/h3-8,15-16H2,1-2H3. The highest BCUT2D eigenvalue weighted by atomic mass is 32.2. The first-order valence-corrected chi connectivity index (χ1v) is 10.4. The molecule has 2 aromatic rings. The summed E-state index contributed by atoms with van der Waals surface area (Å²) in [5, 5.41) is 16.8. The van der Waals surface area contributed by atoms with Gasteiger partial charge in [-0.25, -0.2) is 9.35 Å². The number of nitrogen functional groups attached to an aromatic ring is 2. The number of nitrogens with zero attached hydrogens (tertiary/aromatic N) is 6. The Hall–Kier alpha value is -2.48. The van der Waals surface area contributed by atoms with Crippen LogP contribution in [0.15, 0.2) is 10.3 Å². The summed E-state index contributed by atoms with van der Waals surface area (Å²) in [7, 11) is 0. The lowest BCUT2D eigenvalue weighted by atomic mass is 10.3. The van der Waals surface area contributed by atoms with Crippen LogP contribution in [-0.4, -0.2) is 66.4 Å². The first-order valence-electron chi connectivity index (χ1n) is 8.41. The molecule has 0 bridgehead atoms. The van der Waals surface area contributed by atoms with Gasteiger partial charge >= 0.3 is 11.9 Å². The van der Waals surface area contributed by atoms with Gasteiger partial charge in [-0.2, -0.15) is 0 Å². The number of aromatic nitrogens is 6. The fourth-order valence-corrected chi connectivity index (χ4v) is 3.37. The molecule has 0 aliphatic rings. The van der Waals surface area contributed by atoms with Crippen molar-refractivity contribution in [2.45, 2.75) is 37.0 Å². The Morgan fingerprint density at radius 2 is 1.21 bits per heavy atom. The number of aryl methyl sites for hydroxylation is 2. The van der Waals surface area contributed by atoms with Crippen molar-refractivity contribution >= 4 is 35.5 Å². The van der Waals surface area contributed by atoms with Crippen molar-refractivity contribution in [1.29, 1.82) is 0 Å². The van der Waals surface area contributed by atoms with Crippen molar-refractivity contribution in [3.63, 3.8) is 0 Å². The van der Waals surface area contributed by atoms with Crippen LogP contribution in [0.3, 0.4) is 0 Å². The number of carbonyl (C=O) groups is 2. The zero-order valence-electron chi connectivity index (χ0n) is 15.5. The number of ether oxygens (including phenoxy) is 2. The Balaban J connectivity index is 1.89. The largest absolute Gasteiger partial charge is 0.465 e. The summed E-state index contributed by atoms with van der Waals surface area (Å²) in [6.07, 6.45) is 0.836. The van der Waals surface area contributed by atoms with Gasteiger partial charge < -0.3 is 21.2 Å². The van der Waals surface area contributed by atoms with Crippen LogP contribution in [0.1, 0.15) is 25.5 Å². The van der Waals surface area contributed by atoms with Gasteiger partial charge in [0.25, 0.3) is 0 Å². The number of hydrogen-bond acceptors (Lipinski definition) is 12. The van der Waals surface area contributed by atoms with Crippen molar-refractivity contribution in [2.75, 3.05) is 36.4 Å². The lowest BCUT2D eigenvalue weighted by Gasteiger charge is -2.05. The van der Waals surface area contributed by atoms with E-state index in [9.17, 15) is 9.59 Å². The molecule has 2 aromatic heterocycles. The van der Waals surface area contributed by atoms with E-state index in [-0.39, 0.29) is 23.4 Å². The molecule has 0 saturated heterocycles. The second-order valence-corrected chi connectivity index (χ2v) is 7.11. The van der Waals surface area contributed by atoms with Gasteiger partial charge in [0, 0.05) is 12.8 Å². The molecule has 28 heavy (non-hydrogen) atoms. The molecule has 0 aromatic carbocycles. The van der Waals surface area contributed by atoms with Crippen molar-refractivity contribution in [3.05, 3.63) is 11.6 Å². The van der Waals surface area contributed by atoms with E-state index in [2.05, 4.69) is 20.4 Å². The lowest BCUT2D eigenvalue weighted by molar-refractivity contribution is -0.140. The van der Waals surface area contributed by atoms with E-state index in [1.807, 2.05) is 0 Å². The van der Waals surface area contributed by atoms with Gasteiger partial charge in [0.1, 0.15) is 0 Å². The summed E-state index contributed by atoms with van der Waals surface area (Å²) in [5.74, 6) is 12.5. The zero-order chi connectivity index (χ0) is 20.5. The van der Waals surface area contributed by atoms with E-state index in [4.69, 9.17) is 21.2 Å². The molecule has 0 fully saturated rings. The van der Waals surface area contributed by atoms with Gasteiger partial charge in [0.2, 0.25) is 10.3 Å². The molecule has 0 unspecified atom stereocenters. The molecule has 0 saturated carbocycles.